The van der Waals surface area contributed by atoms with E-state index in [1.54, 1.807) is 4.90 Å². The second-order valence-corrected chi connectivity index (χ2v) is 5.85. The van der Waals surface area contributed by atoms with E-state index in [1.165, 1.54) is 6.42 Å². The lowest BCUT2D eigenvalue weighted by molar-refractivity contribution is 0.551. The first kappa shape index (κ1) is 13.6. The van der Waals surface area contributed by atoms with Crippen LogP contribution in [0.15, 0.2) is 18.2 Å². The first-order valence-electron chi connectivity index (χ1n) is 7.06. The molecular weight excluding hydrogens is 264 g/mol. The number of fused-ring (bicyclic) bond motifs is 2. The predicted octanol–water partition coefficient (Wildman–Crippen LogP) is 1.64. The number of nitrogens with two attached hydrogens (primary N) is 1. The quantitative estimate of drug-likeness (QED) is 0.669. The van der Waals surface area contributed by atoms with Crippen LogP contribution in [0, 0.1) is 29.1 Å². The van der Waals surface area contributed by atoms with E-state index in [0.717, 1.165) is 6.42 Å². The lowest BCUT2D eigenvalue weighted by atomic mass is 9.91. The zero-order valence-corrected chi connectivity index (χ0v) is 12.2. The lowest BCUT2D eigenvalue weighted by Gasteiger charge is -2.15. The maximum atomic E-state index is 9.44. The van der Waals surface area contributed by atoms with Crippen molar-refractivity contribution >= 4 is 17.5 Å². The van der Waals surface area contributed by atoms with E-state index in [0.29, 0.717) is 35.1 Å². The summed E-state index contributed by atoms with van der Waals surface area (Å²) >= 11 is 0. The third-order valence-electron chi connectivity index (χ3n) is 4.11. The van der Waals surface area contributed by atoms with E-state index < -0.39 is 0 Å². The number of allylic oxidation sites excluding steroid dienone is 4. The summed E-state index contributed by atoms with van der Waals surface area (Å²) in [5.74, 6) is 2.57. The zero-order chi connectivity index (χ0) is 15.0. The van der Waals surface area contributed by atoms with Crippen molar-refractivity contribution in [3.8, 4) is 6.07 Å². The van der Waals surface area contributed by atoms with E-state index in [-0.39, 0.29) is 5.95 Å². The average molecular weight is 282 g/mol. The van der Waals surface area contributed by atoms with Crippen molar-refractivity contribution in [3.63, 3.8) is 0 Å². The SMILES string of the molecule is CN(C)c1nc(N)nc(/C(C#N)=C/[C@@H]2C[C@H]3C=C[C@H]2C3)n1. The number of aromatic nitrogens is 3. The van der Waals surface area contributed by atoms with E-state index in [1.807, 2.05) is 20.2 Å². The van der Waals surface area contributed by atoms with Gasteiger partial charge in [-0.1, -0.05) is 18.2 Å². The van der Waals surface area contributed by atoms with Gasteiger partial charge in [0.15, 0.2) is 5.82 Å². The molecule has 108 valence electrons. The molecule has 3 atom stereocenters. The van der Waals surface area contributed by atoms with Crippen molar-refractivity contribution in [2.45, 2.75) is 12.8 Å². The molecule has 6 nitrogen and oxygen atoms in total. The number of nitrogens with zero attached hydrogens (tertiary/aromatic N) is 5. The van der Waals surface area contributed by atoms with Crippen LogP contribution >= 0.6 is 0 Å². The Kier molecular flexibility index (Phi) is 3.34. The van der Waals surface area contributed by atoms with Crippen LogP contribution in [-0.2, 0) is 0 Å². The zero-order valence-electron chi connectivity index (χ0n) is 12.2. The molecule has 0 aliphatic heterocycles. The van der Waals surface area contributed by atoms with Crippen LogP contribution in [0.25, 0.3) is 5.57 Å². The van der Waals surface area contributed by atoms with Gasteiger partial charge in [0, 0.05) is 14.1 Å². The Morgan fingerprint density at radius 2 is 2.14 bits per heavy atom. The molecule has 1 aromatic rings. The molecule has 1 heterocycles. The van der Waals surface area contributed by atoms with Gasteiger partial charge in [0.05, 0.1) is 5.57 Å². The molecule has 0 radical (unpaired) electrons. The summed E-state index contributed by atoms with van der Waals surface area (Å²) in [6.07, 6.45) is 8.85. The van der Waals surface area contributed by atoms with Gasteiger partial charge < -0.3 is 10.6 Å². The Labute approximate surface area is 124 Å². The summed E-state index contributed by atoms with van der Waals surface area (Å²) in [7, 11) is 3.66. The van der Waals surface area contributed by atoms with Gasteiger partial charge >= 0.3 is 0 Å². The first-order chi connectivity index (χ1) is 10.1. The summed E-state index contributed by atoms with van der Waals surface area (Å²) in [6, 6.07) is 2.21. The van der Waals surface area contributed by atoms with Gasteiger partial charge in [-0.05, 0) is 30.6 Å². The van der Waals surface area contributed by atoms with Crippen LogP contribution in [0.3, 0.4) is 0 Å². The minimum absolute atomic E-state index is 0.137. The largest absolute Gasteiger partial charge is 0.368 e. The highest BCUT2D eigenvalue weighted by Crippen LogP contribution is 2.44. The molecule has 0 unspecified atom stereocenters. The van der Waals surface area contributed by atoms with Crippen LogP contribution in [0.2, 0.25) is 0 Å². The van der Waals surface area contributed by atoms with Crippen LogP contribution in [0.1, 0.15) is 18.7 Å². The number of nitriles is 1. The molecule has 0 saturated heterocycles. The van der Waals surface area contributed by atoms with Gasteiger partial charge in [0.25, 0.3) is 0 Å². The maximum Gasteiger partial charge on any atom is 0.230 e. The second kappa shape index (κ2) is 5.17. The molecule has 0 amide bonds. The van der Waals surface area contributed by atoms with Crippen LogP contribution < -0.4 is 10.6 Å². The van der Waals surface area contributed by atoms with Crippen LogP contribution in [-0.4, -0.2) is 29.0 Å². The predicted molar refractivity (Wildman–Crippen MR) is 81.0 cm³/mol. The highest BCUT2D eigenvalue weighted by atomic mass is 15.3. The van der Waals surface area contributed by atoms with Gasteiger partial charge in [0.2, 0.25) is 11.9 Å². The topological polar surface area (TPSA) is 91.7 Å². The molecule has 1 saturated carbocycles. The molecule has 2 aliphatic carbocycles. The van der Waals surface area contributed by atoms with Gasteiger partial charge in [-0.2, -0.15) is 20.2 Å². The number of hydrogen-bond acceptors (Lipinski definition) is 6. The third kappa shape index (κ3) is 2.59. The Balaban J connectivity index is 1.93. The fourth-order valence-electron chi connectivity index (χ4n) is 3.09. The second-order valence-electron chi connectivity index (χ2n) is 5.85. The normalized spacial score (nSPS) is 26.9. The summed E-state index contributed by atoms with van der Waals surface area (Å²) in [5, 5.41) is 9.44. The minimum atomic E-state index is 0.137. The summed E-state index contributed by atoms with van der Waals surface area (Å²) in [5.41, 5.74) is 6.21. The Hall–Kier alpha value is -2.42. The van der Waals surface area contributed by atoms with Crippen molar-refractivity contribution in [1.29, 1.82) is 5.26 Å². The fraction of sp³-hybridized carbons (Fsp3) is 0.467. The maximum absolute atomic E-state index is 9.44. The van der Waals surface area contributed by atoms with Gasteiger partial charge in [-0.3, -0.25) is 0 Å². The van der Waals surface area contributed by atoms with Crippen molar-refractivity contribution < 1.29 is 0 Å². The first-order valence-corrected chi connectivity index (χ1v) is 7.06. The van der Waals surface area contributed by atoms with Crippen molar-refractivity contribution in [3.05, 3.63) is 24.1 Å². The summed E-state index contributed by atoms with van der Waals surface area (Å²) < 4.78 is 0. The molecular formula is C15H18N6. The van der Waals surface area contributed by atoms with E-state index in [4.69, 9.17) is 5.73 Å². The molecule has 0 spiro atoms. The van der Waals surface area contributed by atoms with Crippen molar-refractivity contribution in [2.75, 3.05) is 24.7 Å². The molecule has 2 N–H and O–H groups in total. The molecule has 6 heteroatoms. The number of rotatable bonds is 3. The van der Waals surface area contributed by atoms with Crippen LogP contribution in [0.5, 0.6) is 0 Å². The van der Waals surface area contributed by atoms with Crippen molar-refractivity contribution in [1.82, 2.24) is 15.0 Å². The number of hydrogen-bond donors (Lipinski definition) is 1. The molecule has 2 aliphatic rings. The van der Waals surface area contributed by atoms with Crippen molar-refractivity contribution in [2.24, 2.45) is 17.8 Å². The number of nitrogen functional groups attached to an aromatic ring is 1. The van der Waals surface area contributed by atoms with E-state index in [9.17, 15) is 5.26 Å². The summed E-state index contributed by atoms with van der Waals surface area (Å²) in [6.45, 7) is 0. The summed E-state index contributed by atoms with van der Waals surface area (Å²) in [4.78, 5) is 14.2. The fourth-order valence-corrected chi connectivity index (χ4v) is 3.09. The lowest BCUT2D eigenvalue weighted by Crippen LogP contribution is -2.16. The smallest absolute Gasteiger partial charge is 0.230 e. The third-order valence-corrected chi connectivity index (χ3v) is 4.11. The minimum Gasteiger partial charge on any atom is -0.368 e. The highest BCUT2D eigenvalue weighted by molar-refractivity contribution is 5.73. The van der Waals surface area contributed by atoms with Crippen LogP contribution in [0.4, 0.5) is 11.9 Å². The van der Waals surface area contributed by atoms with Gasteiger partial charge in [0.1, 0.15) is 6.07 Å². The van der Waals surface area contributed by atoms with Gasteiger partial charge in [-0.25, -0.2) is 0 Å². The van der Waals surface area contributed by atoms with Gasteiger partial charge in [-0.15, -0.1) is 0 Å². The molecule has 1 fully saturated rings. The van der Waals surface area contributed by atoms with E-state index >= 15 is 0 Å². The standard InChI is InChI=1S/C15H18N6/c1-21(2)15-19-13(18-14(17)20-15)12(8-16)7-11-6-9-3-4-10(11)5-9/h3-4,7,9-11H,5-6H2,1-2H3,(H2,17,18,19,20)/b12-7+/t9-,10-,11-/m0/s1. The highest BCUT2D eigenvalue weighted by Gasteiger charge is 2.34. The van der Waals surface area contributed by atoms with E-state index in [2.05, 4.69) is 33.2 Å². The molecule has 2 bridgehead atoms. The molecule has 1 aromatic heterocycles. The Bertz CT molecular complexity index is 655. The average Bonchev–Trinajstić information content (AvgIpc) is 3.06. The molecule has 21 heavy (non-hydrogen) atoms. The molecule has 3 rings (SSSR count). The monoisotopic (exact) mass is 282 g/mol. The Morgan fingerprint density at radius 1 is 1.33 bits per heavy atom. The number of anilines is 2. The Morgan fingerprint density at radius 3 is 2.71 bits per heavy atom. The molecule has 0 aromatic carbocycles.